The molecule has 0 saturated heterocycles. The molecule has 1 nitrogen and oxygen atoms in total. The van der Waals surface area contributed by atoms with Crippen LogP contribution in [0, 0.1) is 0 Å². The SMILES string of the molecule is C=C[n+]1ccc(Cc2ccccc2)cc1Cc1ccccc1. The zero-order valence-corrected chi connectivity index (χ0v) is 12.7. The number of hydrogen-bond acceptors (Lipinski definition) is 0. The largest absolute Gasteiger partial charge is 0.191 e. The number of aromatic nitrogens is 1. The molecule has 0 saturated carbocycles. The third kappa shape index (κ3) is 3.50. The van der Waals surface area contributed by atoms with Gasteiger partial charge in [-0.15, -0.1) is 0 Å². The standard InChI is InChI=1S/C21H20N/c1-2-22-14-13-20(15-18-9-5-3-6-10-18)17-21(22)16-19-11-7-4-8-12-19/h2-14,17H,1,15-16H2/q+1. The maximum absolute atomic E-state index is 3.91. The molecule has 0 spiro atoms. The molecule has 0 N–H and O–H groups in total. The van der Waals surface area contributed by atoms with Crippen molar-refractivity contribution in [2.24, 2.45) is 0 Å². The quantitative estimate of drug-likeness (QED) is 0.617. The fourth-order valence-corrected chi connectivity index (χ4v) is 2.68. The molecule has 0 atom stereocenters. The second kappa shape index (κ2) is 6.86. The topological polar surface area (TPSA) is 3.88 Å². The van der Waals surface area contributed by atoms with Crippen molar-refractivity contribution in [2.45, 2.75) is 12.8 Å². The van der Waals surface area contributed by atoms with Crippen LogP contribution in [0.3, 0.4) is 0 Å². The summed E-state index contributed by atoms with van der Waals surface area (Å²) >= 11 is 0. The van der Waals surface area contributed by atoms with E-state index in [0.717, 1.165) is 12.8 Å². The number of benzene rings is 2. The zero-order chi connectivity index (χ0) is 15.2. The van der Waals surface area contributed by atoms with Crippen LogP contribution in [0.4, 0.5) is 0 Å². The highest BCUT2D eigenvalue weighted by molar-refractivity contribution is 5.28. The van der Waals surface area contributed by atoms with Crippen LogP contribution >= 0.6 is 0 Å². The molecule has 108 valence electrons. The van der Waals surface area contributed by atoms with Crippen LogP contribution in [0.1, 0.15) is 22.4 Å². The molecule has 0 radical (unpaired) electrons. The van der Waals surface area contributed by atoms with E-state index in [1.54, 1.807) is 0 Å². The van der Waals surface area contributed by atoms with E-state index in [2.05, 4.69) is 90.1 Å². The van der Waals surface area contributed by atoms with Crippen molar-refractivity contribution < 1.29 is 4.57 Å². The molecule has 0 fully saturated rings. The van der Waals surface area contributed by atoms with E-state index in [-0.39, 0.29) is 0 Å². The van der Waals surface area contributed by atoms with Gasteiger partial charge in [0.05, 0.1) is 6.42 Å². The van der Waals surface area contributed by atoms with Crippen molar-refractivity contribution in [3.05, 3.63) is 108 Å². The van der Waals surface area contributed by atoms with Crippen molar-refractivity contribution in [1.82, 2.24) is 0 Å². The van der Waals surface area contributed by atoms with Crippen molar-refractivity contribution in [3.8, 4) is 0 Å². The van der Waals surface area contributed by atoms with Crippen LogP contribution in [-0.4, -0.2) is 0 Å². The van der Waals surface area contributed by atoms with Crippen molar-refractivity contribution in [3.63, 3.8) is 0 Å². The summed E-state index contributed by atoms with van der Waals surface area (Å²) in [6.07, 6.45) is 5.84. The second-order valence-electron chi connectivity index (χ2n) is 5.44. The summed E-state index contributed by atoms with van der Waals surface area (Å²) in [5.74, 6) is 0. The molecule has 0 aliphatic heterocycles. The van der Waals surface area contributed by atoms with Crippen molar-refractivity contribution in [2.75, 3.05) is 0 Å². The average Bonchev–Trinajstić information content (AvgIpc) is 2.57. The summed E-state index contributed by atoms with van der Waals surface area (Å²) in [7, 11) is 0. The van der Waals surface area contributed by atoms with Gasteiger partial charge >= 0.3 is 0 Å². The second-order valence-corrected chi connectivity index (χ2v) is 5.44. The Bertz CT molecular complexity index is 745. The van der Waals surface area contributed by atoms with Crippen LogP contribution in [0.15, 0.2) is 85.6 Å². The van der Waals surface area contributed by atoms with Crippen LogP contribution in [0.2, 0.25) is 0 Å². The first-order valence-electron chi connectivity index (χ1n) is 7.58. The highest BCUT2D eigenvalue weighted by atomic mass is 14.9. The summed E-state index contributed by atoms with van der Waals surface area (Å²) in [6, 6.07) is 25.6. The lowest BCUT2D eigenvalue weighted by Crippen LogP contribution is -2.31. The highest BCUT2D eigenvalue weighted by Crippen LogP contribution is 2.12. The Morgan fingerprint density at radius 3 is 1.91 bits per heavy atom. The molecule has 3 aromatic rings. The summed E-state index contributed by atoms with van der Waals surface area (Å²) < 4.78 is 2.10. The molecule has 0 aliphatic rings. The average molecular weight is 286 g/mol. The van der Waals surface area contributed by atoms with E-state index in [1.165, 1.54) is 22.4 Å². The number of pyridine rings is 1. The van der Waals surface area contributed by atoms with Gasteiger partial charge in [-0.3, -0.25) is 0 Å². The molecule has 0 aliphatic carbocycles. The van der Waals surface area contributed by atoms with Gasteiger partial charge < -0.3 is 0 Å². The fraction of sp³-hybridized carbons (Fsp3) is 0.0952. The van der Waals surface area contributed by atoms with Gasteiger partial charge in [0.1, 0.15) is 0 Å². The van der Waals surface area contributed by atoms with Crippen LogP contribution in [0.25, 0.3) is 6.20 Å². The van der Waals surface area contributed by atoms with Crippen LogP contribution in [0.5, 0.6) is 0 Å². The monoisotopic (exact) mass is 286 g/mol. The lowest BCUT2D eigenvalue weighted by Gasteiger charge is -2.05. The van der Waals surface area contributed by atoms with Crippen LogP contribution < -0.4 is 4.57 Å². The lowest BCUT2D eigenvalue weighted by atomic mass is 10.0. The lowest BCUT2D eigenvalue weighted by molar-refractivity contribution is -0.576. The van der Waals surface area contributed by atoms with Crippen molar-refractivity contribution >= 4 is 6.20 Å². The minimum Gasteiger partial charge on any atom is -0.171 e. The van der Waals surface area contributed by atoms with Gasteiger partial charge in [0.15, 0.2) is 18.1 Å². The third-order valence-electron chi connectivity index (χ3n) is 3.81. The van der Waals surface area contributed by atoms with Crippen molar-refractivity contribution in [1.29, 1.82) is 0 Å². The van der Waals surface area contributed by atoms with E-state index in [1.807, 2.05) is 6.20 Å². The first kappa shape index (κ1) is 14.3. The smallest absolute Gasteiger partial charge is 0.171 e. The van der Waals surface area contributed by atoms with Gasteiger partial charge in [-0.1, -0.05) is 60.7 Å². The first-order valence-corrected chi connectivity index (χ1v) is 7.58. The van der Waals surface area contributed by atoms with Gasteiger partial charge in [0.25, 0.3) is 0 Å². The van der Waals surface area contributed by atoms with Gasteiger partial charge in [-0.25, -0.2) is 0 Å². The predicted octanol–water partition coefficient (Wildman–Crippen LogP) is 4.26. The molecule has 0 bridgehead atoms. The normalized spacial score (nSPS) is 10.4. The Morgan fingerprint density at radius 1 is 0.727 bits per heavy atom. The molecule has 3 rings (SSSR count). The molecule has 1 heteroatoms. The van der Waals surface area contributed by atoms with Gasteiger partial charge in [-0.05, 0) is 29.7 Å². The molecule has 22 heavy (non-hydrogen) atoms. The maximum atomic E-state index is 3.91. The van der Waals surface area contributed by atoms with Gasteiger partial charge in [-0.2, -0.15) is 4.57 Å². The Morgan fingerprint density at radius 2 is 1.32 bits per heavy atom. The fourth-order valence-electron chi connectivity index (χ4n) is 2.68. The van der Waals surface area contributed by atoms with E-state index < -0.39 is 0 Å². The first-order chi connectivity index (χ1) is 10.8. The Balaban J connectivity index is 1.88. The molecule has 0 unspecified atom stereocenters. The molecule has 1 heterocycles. The van der Waals surface area contributed by atoms with E-state index >= 15 is 0 Å². The van der Waals surface area contributed by atoms with Gasteiger partial charge in [0, 0.05) is 12.1 Å². The summed E-state index contributed by atoms with van der Waals surface area (Å²) in [6.45, 7) is 3.91. The Hall–Kier alpha value is -2.67. The molecule has 0 amide bonds. The third-order valence-corrected chi connectivity index (χ3v) is 3.81. The highest BCUT2D eigenvalue weighted by Gasteiger charge is 2.10. The molecular weight excluding hydrogens is 266 g/mol. The molecule has 1 aromatic heterocycles. The predicted molar refractivity (Wildman–Crippen MR) is 91.5 cm³/mol. The van der Waals surface area contributed by atoms with Crippen LogP contribution in [-0.2, 0) is 12.8 Å². The minimum absolute atomic E-state index is 0.912. The Labute approximate surface area is 132 Å². The summed E-state index contributed by atoms with van der Waals surface area (Å²) in [4.78, 5) is 0. The number of hydrogen-bond donors (Lipinski definition) is 0. The number of rotatable bonds is 5. The van der Waals surface area contributed by atoms with E-state index in [0.29, 0.717) is 0 Å². The minimum atomic E-state index is 0.912. The summed E-state index contributed by atoms with van der Waals surface area (Å²) in [5, 5.41) is 0. The summed E-state index contributed by atoms with van der Waals surface area (Å²) in [5.41, 5.74) is 5.24. The zero-order valence-electron chi connectivity index (χ0n) is 12.7. The maximum Gasteiger partial charge on any atom is 0.191 e. The molecule has 2 aromatic carbocycles. The van der Waals surface area contributed by atoms with E-state index in [9.17, 15) is 0 Å². The Kier molecular flexibility index (Phi) is 4.45. The number of nitrogens with zero attached hydrogens (tertiary/aromatic N) is 1. The van der Waals surface area contributed by atoms with E-state index in [4.69, 9.17) is 0 Å². The van der Waals surface area contributed by atoms with Gasteiger partial charge in [0.2, 0.25) is 0 Å². The molecular formula is C21H20N+.